The maximum absolute atomic E-state index is 14.9. The minimum Gasteiger partial charge on any atom is -0.493 e. The van der Waals surface area contributed by atoms with Crippen molar-refractivity contribution in [3.05, 3.63) is 88.1 Å². The third-order valence-corrected chi connectivity index (χ3v) is 10.6. The van der Waals surface area contributed by atoms with Crippen LogP contribution in [0.3, 0.4) is 0 Å². The monoisotopic (exact) mass is 846 g/mol. The lowest BCUT2D eigenvalue weighted by Gasteiger charge is -2.21. The van der Waals surface area contributed by atoms with Gasteiger partial charge in [-0.2, -0.15) is 16.8 Å². The molecule has 0 bridgehead atoms. The third-order valence-electron chi connectivity index (χ3n) is 8.13. The molecule has 0 aliphatic carbocycles. The zero-order valence-corrected chi connectivity index (χ0v) is 34.3. The van der Waals surface area contributed by atoms with Gasteiger partial charge in [0.05, 0.1) is 27.4 Å². The first-order valence-electron chi connectivity index (χ1n) is 17.2. The van der Waals surface area contributed by atoms with Gasteiger partial charge in [-0.1, -0.05) is 35.4 Å². The number of aryl methyl sites for hydroxylation is 2. The van der Waals surface area contributed by atoms with Crippen LogP contribution in [0.5, 0.6) is 40.2 Å². The molecular formula is C39H42O17S2. The molecule has 0 fully saturated rings. The molecular weight excluding hydrogens is 805 g/mol. The van der Waals surface area contributed by atoms with Crippen molar-refractivity contribution in [2.24, 2.45) is 0 Å². The molecule has 4 aromatic carbocycles. The van der Waals surface area contributed by atoms with Gasteiger partial charge in [0, 0.05) is 26.9 Å². The van der Waals surface area contributed by atoms with E-state index in [1.54, 1.807) is 38.1 Å². The number of hydrogen-bond donors (Lipinski definition) is 0. The summed E-state index contributed by atoms with van der Waals surface area (Å²) in [6.07, 6.45) is 0. The van der Waals surface area contributed by atoms with E-state index < -0.39 is 49.4 Å². The van der Waals surface area contributed by atoms with Gasteiger partial charge in [-0.15, -0.1) is 0 Å². The molecule has 0 radical (unpaired) electrons. The van der Waals surface area contributed by atoms with Crippen molar-refractivity contribution in [1.29, 1.82) is 0 Å². The van der Waals surface area contributed by atoms with E-state index in [0.717, 1.165) is 11.1 Å². The average molecular weight is 847 g/mol. The fourth-order valence-corrected chi connectivity index (χ4v) is 7.18. The van der Waals surface area contributed by atoms with Crippen LogP contribution in [0.15, 0.2) is 85.7 Å². The summed E-state index contributed by atoms with van der Waals surface area (Å²) in [4.78, 5) is 14.5. The highest BCUT2D eigenvalue weighted by atomic mass is 32.2. The first-order chi connectivity index (χ1) is 27.8. The number of benzene rings is 4. The van der Waals surface area contributed by atoms with Crippen LogP contribution in [0.1, 0.15) is 11.1 Å². The molecule has 312 valence electrons. The molecule has 0 aliphatic rings. The summed E-state index contributed by atoms with van der Waals surface area (Å²) in [7, 11) is -2.35. The highest BCUT2D eigenvalue weighted by Gasteiger charge is 2.34. The van der Waals surface area contributed by atoms with E-state index in [2.05, 4.69) is 0 Å². The van der Waals surface area contributed by atoms with Gasteiger partial charge in [-0.25, -0.2) is 0 Å². The zero-order valence-electron chi connectivity index (χ0n) is 32.6. The van der Waals surface area contributed by atoms with Crippen LogP contribution in [0.25, 0.3) is 22.3 Å². The highest BCUT2D eigenvalue weighted by molar-refractivity contribution is 7.87. The number of rotatable bonds is 21. The smallest absolute Gasteiger partial charge is 0.339 e. The minimum absolute atomic E-state index is 0.0171. The Labute approximate surface area is 335 Å². The van der Waals surface area contributed by atoms with Gasteiger partial charge >= 0.3 is 20.2 Å². The predicted octanol–water partition coefficient (Wildman–Crippen LogP) is 5.59. The SMILES string of the molecule is COCCOCOc1c(OCOC)c(OCOC)c(OC)c2oc(-c3ccc(OS(=O)(=O)c4ccc(C)cc4)c(OC)c3)c(OS(=O)(=O)c3ccc(C)cc3)c(=O)c12. The van der Waals surface area contributed by atoms with Gasteiger partial charge < -0.3 is 55.4 Å². The highest BCUT2D eigenvalue weighted by Crippen LogP contribution is 2.52. The van der Waals surface area contributed by atoms with Gasteiger partial charge in [0.1, 0.15) is 15.2 Å². The summed E-state index contributed by atoms with van der Waals surface area (Å²) in [5.41, 5.74) is 0.199. The van der Waals surface area contributed by atoms with Crippen LogP contribution in [0, 0.1) is 13.8 Å². The number of ether oxygens (including phenoxy) is 9. The van der Waals surface area contributed by atoms with Gasteiger partial charge in [0.25, 0.3) is 0 Å². The lowest BCUT2D eigenvalue weighted by Crippen LogP contribution is -2.19. The molecule has 0 atom stereocenters. The number of fused-ring (bicyclic) bond motifs is 1. The lowest BCUT2D eigenvalue weighted by atomic mass is 10.1. The summed E-state index contributed by atoms with van der Waals surface area (Å²) < 4.78 is 121. The van der Waals surface area contributed by atoms with Crippen LogP contribution in [-0.4, -0.2) is 86.0 Å². The van der Waals surface area contributed by atoms with Crippen molar-refractivity contribution in [3.63, 3.8) is 0 Å². The molecule has 0 N–H and O–H groups in total. The van der Waals surface area contributed by atoms with E-state index >= 15 is 0 Å². The Morgan fingerprint density at radius 1 is 0.552 bits per heavy atom. The summed E-state index contributed by atoms with van der Waals surface area (Å²) in [5.74, 6) is -2.55. The minimum atomic E-state index is -4.73. The Kier molecular flexibility index (Phi) is 14.5. The normalized spacial score (nSPS) is 11.6. The Morgan fingerprint density at radius 2 is 1.10 bits per heavy atom. The molecule has 1 heterocycles. The van der Waals surface area contributed by atoms with E-state index in [4.69, 9.17) is 55.4 Å². The van der Waals surface area contributed by atoms with Crippen LogP contribution >= 0.6 is 0 Å². The quantitative estimate of drug-likeness (QED) is 0.0502. The molecule has 0 amide bonds. The first kappa shape index (κ1) is 43.6. The van der Waals surface area contributed by atoms with Crippen LogP contribution < -0.4 is 37.5 Å². The third kappa shape index (κ3) is 9.75. The molecule has 1 aromatic heterocycles. The molecule has 0 saturated carbocycles. The Balaban J connectivity index is 1.81. The molecule has 0 spiro atoms. The molecule has 58 heavy (non-hydrogen) atoms. The first-order valence-corrected chi connectivity index (χ1v) is 20.0. The summed E-state index contributed by atoms with van der Waals surface area (Å²) >= 11 is 0. The van der Waals surface area contributed by atoms with Crippen molar-refractivity contribution < 1.29 is 72.3 Å². The molecule has 5 aromatic rings. The largest absolute Gasteiger partial charge is 0.493 e. The maximum atomic E-state index is 14.9. The standard InChI is InChI=1S/C39H42O17S2/c1-24-8-13-27(14-9-24)57(41,42)55-29-17-12-26(20-30(29)48-6)33-36(56-58(43,44)28-15-10-25(2)11-16-28)32(40)31-34(53-23-50-19-18-45-3)38(51-21-46-4)39(52-22-47-5)37(49-7)35(31)54-33/h8-17,20H,18-19,21-23H2,1-7H3. The van der Waals surface area contributed by atoms with Crippen molar-refractivity contribution in [2.45, 2.75) is 23.6 Å². The van der Waals surface area contributed by atoms with Crippen molar-refractivity contribution >= 4 is 31.2 Å². The van der Waals surface area contributed by atoms with Crippen LogP contribution in [-0.2, 0) is 39.2 Å². The van der Waals surface area contributed by atoms with Crippen molar-refractivity contribution in [2.75, 3.05) is 69.1 Å². The van der Waals surface area contributed by atoms with E-state index in [0.29, 0.717) is 0 Å². The Hall–Kier alpha value is -5.57. The fourth-order valence-electron chi connectivity index (χ4n) is 5.31. The summed E-state index contributed by atoms with van der Waals surface area (Å²) in [6, 6.07) is 15.5. The van der Waals surface area contributed by atoms with Crippen LogP contribution in [0.2, 0.25) is 0 Å². The molecule has 17 nitrogen and oxygen atoms in total. The van der Waals surface area contributed by atoms with E-state index in [9.17, 15) is 21.6 Å². The molecule has 0 unspecified atom stereocenters. The second kappa shape index (κ2) is 19.2. The number of hydrogen-bond acceptors (Lipinski definition) is 17. The van der Waals surface area contributed by atoms with Crippen molar-refractivity contribution in [3.8, 4) is 51.6 Å². The second-order valence-corrected chi connectivity index (χ2v) is 15.2. The van der Waals surface area contributed by atoms with Gasteiger partial charge in [-0.3, -0.25) is 4.79 Å². The summed E-state index contributed by atoms with van der Waals surface area (Å²) in [6.45, 7) is 2.71. The maximum Gasteiger partial charge on any atom is 0.339 e. The van der Waals surface area contributed by atoms with Gasteiger partial charge in [-0.05, 0) is 56.3 Å². The van der Waals surface area contributed by atoms with Crippen molar-refractivity contribution in [1.82, 2.24) is 0 Å². The fraction of sp³-hybridized carbons (Fsp3) is 0.308. The van der Waals surface area contributed by atoms with E-state index in [1.165, 1.54) is 78.0 Å². The lowest BCUT2D eigenvalue weighted by molar-refractivity contribution is -0.0126. The zero-order chi connectivity index (χ0) is 42.0. The molecule has 0 aliphatic heterocycles. The Bertz CT molecular complexity index is 2480. The average Bonchev–Trinajstić information content (AvgIpc) is 3.20. The predicted molar refractivity (Wildman–Crippen MR) is 207 cm³/mol. The topological polar surface area (TPSA) is 200 Å². The van der Waals surface area contributed by atoms with Gasteiger partial charge in [0.2, 0.25) is 28.4 Å². The van der Waals surface area contributed by atoms with E-state index in [-0.39, 0.29) is 82.2 Å². The van der Waals surface area contributed by atoms with Crippen LogP contribution in [0.4, 0.5) is 0 Å². The molecule has 5 rings (SSSR count). The second-order valence-electron chi connectivity index (χ2n) is 12.1. The molecule has 0 saturated heterocycles. The molecule has 19 heteroatoms. The summed E-state index contributed by atoms with van der Waals surface area (Å²) in [5, 5.41) is -0.406. The van der Waals surface area contributed by atoms with E-state index in [1.807, 2.05) is 0 Å². The number of methoxy groups -OCH3 is 5. The van der Waals surface area contributed by atoms with Gasteiger partial charge in [0.15, 0.2) is 49.0 Å². The Morgan fingerprint density at radius 3 is 1.64 bits per heavy atom.